The van der Waals surface area contributed by atoms with Crippen molar-refractivity contribution >= 4 is 29.4 Å². The van der Waals surface area contributed by atoms with E-state index in [1.807, 2.05) is 6.07 Å². The molecule has 4 unspecified atom stereocenters. The van der Waals surface area contributed by atoms with Gasteiger partial charge in [0.1, 0.15) is 18.1 Å². The van der Waals surface area contributed by atoms with Crippen LogP contribution in [0, 0.1) is 23.2 Å². The number of rotatable bonds is 7. The molecular weight excluding hydrogens is 521 g/mol. The third kappa shape index (κ3) is 5.62. The normalized spacial score (nSPS) is 23.8. The Labute approximate surface area is 222 Å². The van der Waals surface area contributed by atoms with Crippen LogP contribution in [-0.2, 0) is 19.2 Å². The molecule has 1 saturated carbocycles. The molecule has 11 nitrogen and oxygen atoms in total. The molecule has 3 heterocycles. The fraction of sp³-hybridized carbons (Fsp3) is 0.600. The number of halogens is 3. The number of pyridine rings is 1. The van der Waals surface area contributed by atoms with Crippen LogP contribution in [0.5, 0.6) is 5.75 Å². The fourth-order valence-electron chi connectivity index (χ4n) is 4.90. The van der Waals surface area contributed by atoms with Crippen molar-refractivity contribution in [3.05, 3.63) is 18.3 Å². The van der Waals surface area contributed by atoms with Gasteiger partial charge in [0.25, 0.3) is 5.91 Å². The minimum absolute atomic E-state index is 0.112. The molecule has 4 rings (SSSR count). The van der Waals surface area contributed by atoms with Crippen molar-refractivity contribution in [1.82, 2.24) is 20.1 Å². The molecular formula is C25H29F3N6O5. The summed E-state index contributed by atoms with van der Waals surface area (Å²) in [6.45, 7) is 2.69. The highest BCUT2D eigenvalue weighted by Gasteiger charge is 2.57. The number of ether oxygens (including phenoxy) is 1. The predicted molar refractivity (Wildman–Crippen MR) is 129 cm³/mol. The van der Waals surface area contributed by atoms with Gasteiger partial charge in [-0.1, -0.05) is 26.7 Å². The van der Waals surface area contributed by atoms with Crippen LogP contribution in [0.1, 0.15) is 39.5 Å². The van der Waals surface area contributed by atoms with Crippen LogP contribution >= 0.6 is 0 Å². The summed E-state index contributed by atoms with van der Waals surface area (Å²) >= 11 is 0. The first-order valence-corrected chi connectivity index (χ1v) is 12.6. The van der Waals surface area contributed by atoms with Gasteiger partial charge in [-0.3, -0.25) is 19.2 Å². The smallest absolute Gasteiger partial charge is 0.471 e. The van der Waals surface area contributed by atoms with Crippen molar-refractivity contribution < 1.29 is 37.1 Å². The predicted octanol–water partition coefficient (Wildman–Crippen LogP) is 1.61. The Bertz CT molecular complexity index is 1210. The molecule has 0 bridgehead atoms. The van der Waals surface area contributed by atoms with Crippen molar-refractivity contribution in [2.45, 2.75) is 69.4 Å². The van der Waals surface area contributed by atoms with Gasteiger partial charge >= 0.3 is 12.1 Å². The van der Waals surface area contributed by atoms with E-state index in [0.29, 0.717) is 0 Å². The van der Waals surface area contributed by atoms with E-state index in [1.165, 1.54) is 32.0 Å². The largest absolute Gasteiger partial charge is 0.472 e. The first-order chi connectivity index (χ1) is 18.3. The number of nitrogens with zero attached hydrogens (tertiary/aromatic N) is 4. The minimum Gasteiger partial charge on any atom is -0.472 e. The van der Waals surface area contributed by atoms with Crippen molar-refractivity contribution in [2.75, 3.05) is 18.9 Å². The molecule has 3 aliphatic rings. The zero-order chi connectivity index (χ0) is 28.7. The lowest BCUT2D eigenvalue weighted by Gasteiger charge is -2.36. The van der Waals surface area contributed by atoms with E-state index in [0.717, 1.165) is 17.7 Å². The van der Waals surface area contributed by atoms with Crippen LogP contribution < -0.4 is 15.4 Å². The third-order valence-electron chi connectivity index (χ3n) is 7.31. The highest BCUT2D eigenvalue weighted by atomic mass is 19.4. The number of nitriles is 1. The number of aromatic nitrogens is 1. The SMILES string of the molecule is CC(C)C(NC(=O)C(F)(F)F)C(=O)N(C)C(CC1CC1)C(=O)N1CC2(CC1C#N)Oc1cccnc1NC2=O. The first-order valence-electron chi connectivity index (χ1n) is 12.6. The van der Waals surface area contributed by atoms with Gasteiger partial charge in [0, 0.05) is 19.7 Å². The number of hydrogen-bond acceptors (Lipinski definition) is 7. The summed E-state index contributed by atoms with van der Waals surface area (Å²) in [5.74, 6) is -4.42. The molecule has 1 spiro atoms. The zero-order valence-corrected chi connectivity index (χ0v) is 21.6. The van der Waals surface area contributed by atoms with Gasteiger partial charge in [0.2, 0.25) is 17.4 Å². The van der Waals surface area contributed by atoms with E-state index in [2.05, 4.69) is 10.3 Å². The Morgan fingerprint density at radius 3 is 2.64 bits per heavy atom. The number of likely N-dealkylation sites (N-methyl/N-ethyl adjacent to an activating group) is 1. The summed E-state index contributed by atoms with van der Waals surface area (Å²) in [6.07, 6.45) is -2.00. The first kappa shape index (κ1) is 28.1. The monoisotopic (exact) mass is 550 g/mol. The van der Waals surface area contributed by atoms with Gasteiger partial charge in [-0.2, -0.15) is 18.4 Å². The van der Waals surface area contributed by atoms with E-state index in [-0.39, 0.29) is 36.9 Å². The van der Waals surface area contributed by atoms with Gasteiger partial charge in [-0.25, -0.2) is 4.98 Å². The Balaban J connectivity index is 1.58. The molecule has 0 radical (unpaired) electrons. The van der Waals surface area contributed by atoms with Crippen molar-refractivity contribution in [1.29, 1.82) is 5.26 Å². The molecule has 4 atom stereocenters. The molecule has 1 aromatic heterocycles. The number of carbonyl (C=O) groups excluding carboxylic acids is 4. The van der Waals surface area contributed by atoms with E-state index in [1.54, 1.807) is 17.4 Å². The Hall–Kier alpha value is -3.89. The van der Waals surface area contributed by atoms with Gasteiger partial charge < -0.3 is 25.2 Å². The number of likely N-dealkylation sites (tertiary alicyclic amines) is 1. The average Bonchev–Trinajstić information content (AvgIpc) is 3.63. The molecule has 2 N–H and O–H groups in total. The maximum Gasteiger partial charge on any atom is 0.471 e. The van der Waals surface area contributed by atoms with Crippen LogP contribution in [0.3, 0.4) is 0 Å². The Morgan fingerprint density at radius 1 is 1.36 bits per heavy atom. The number of alkyl halides is 3. The number of carbonyl (C=O) groups is 4. The van der Waals surface area contributed by atoms with Crippen LogP contribution in [0.15, 0.2) is 18.3 Å². The van der Waals surface area contributed by atoms with Crippen LogP contribution in [0.25, 0.3) is 0 Å². The minimum atomic E-state index is -5.19. The lowest BCUT2D eigenvalue weighted by atomic mass is 9.97. The van der Waals surface area contributed by atoms with Crippen LogP contribution in [0.2, 0.25) is 0 Å². The highest BCUT2D eigenvalue weighted by Crippen LogP contribution is 2.40. The number of amides is 4. The average molecular weight is 551 g/mol. The lowest BCUT2D eigenvalue weighted by molar-refractivity contribution is -0.175. The van der Waals surface area contributed by atoms with Crippen molar-refractivity contribution in [3.63, 3.8) is 0 Å². The van der Waals surface area contributed by atoms with Crippen LogP contribution in [0.4, 0.5) is 19.0 Å². The topological polar surface area (TPSA) is 145 Å². The van der Waals surface area contributed by atoms with Crippen LogP contribution in [-0.4, -0.2) is 81.9 Å². The molecule has 1 aliphatic carbocycles. The second kappa shape index (κ2) is 10.3. The van der Waals surface area contributed by atoms with Gasteiger partial charge in [-0.15, -0.1) is 0 Å². The molecule has 1 aromatic rings. The molecule has 39 heavy (non-hydrogen) atoms. The number of fused-ring (bicyclic) bond motifs is 1. The highest BCUT2D eigenvalue weighted by molar-refractivity contribution is 6.01. The molecule has 1 saturated heterocycles. The van der Waals surface area contributed by atoms with E-state index < -0.39 is 59.4 Å². The maximum absolute atomic E-state index is 13.9. The van der Waals surface area contributed by atoms with Gasteiger partial charge in [0.15, 0.2) is 11.6 Å². The molecule has 2 fully saturated rings. The van der Waals surface area contributed by atoms with E-state index in [4.69, 9.17) is 4.74 Å². The van der Waals surface area contributed by atoms with E-state index >= 15 is 0 Å². The summed E-state index contributed by atoms with van der Waals surface area (Å²) < 4.78 is 44.7. The van der Waals surface area contributed by atoms with Gasteiger partial charge in [-0.05, 0) is 30.4 Å². The summed E-state index contributed by atoms with van der Waals surface area (Å²) in [5, 5.41) is 14.3. The molecule has 14 heteroatoms. The molecule has 4 amide bonds. The second-order valence-electron chi connectivity index (χ2n) is 10.6. The zero-order valence-electron chi connectivity index (χ0n) is 21.6. The number of hydrogen-bond donors (Lipinski definition) is 2. The lowest BCUT2D eigenvalue weighted by Crippen LogP contribution is -2.59. The Kier molecular flexibility index (Phi) is 7.46. The summed E-state index contributed by atoms with van der Waals surface area (Å²) in [4.78, 5) is 58.2. The number of nitrogens with one attached hydrogen (secondary N) is 2. The summed E-state index contributed by atoms with van der Waals surface area (Å²) in [6, 6.07) is 1.52. The molecule has 210 valence electrons. The third-order valence-corrected chi connectivity index (χ3v) is 7.31. The summed E-state index contributed by atoms with van der Waals surface area (Å²) in [7, 11) is 1.29. The van der Waals surface area contributed by atoms with Crippen molar-refractivity contribution in [2.24, 2.45) is 11.8 Å². The quantitative estimate of drug-likeness (QED) is 0.525. The summed E-state index contributed by atoms with van der Waals surface area (Å²) in [5.41, 5.74) is -1.56. The van der Waals surface area contributed by atoms with Crippen molar-refractivity contribution in [3.8, 4) is 11.8 Å². The van der Waals surface area contributed by atoms with Gasteiger partial charge in [0.05, 0.1) is 12.6 Å². The maximum atomic E-state index is 13.9. The Morgan fingerprint density at radius 2 is 2.05 bits per heavy atom. The standard InChI is InChI=1S/C25H29F3N6O5/c1-13(2)18(31-23(38)25(26,27)28)21(36)33(3)16(9-14-6-7-14)20(35)34-12-24(10-15(34)11-29)22(37)32-19-17(39-24)5-4-8-30-19/h4-5,8,13-16,18H,6-7,9-10,12H2,1-3H3,(H,31,38)(H,30,32,37). The molecule has 0 aromatic carbocycles. The van der Waals surface area contributed by atoms with E-state index in [9.17, 15) is 37.6 Å². The molecule has 2 aliphatic heterocycles. The fourth-order valence-corrected chi connectivity index (χ4v) is 4.90. The number of anilines is 1. The second-order valence-corrected chi connectivity index (χ2v) is 10.6.